The fraction of sp³-hybridized carbons (Fsp3) is 0.400. The van der Waals surface area contributed by atoms with Crippen molar-refractivity contribution in [2.75, 3.05) is 0 Å². The highest BCUT2D eigenvalue weighted by atomic mass is 16.1. The van der Waals surface area contributed by atoms with Gasteiger partial charge in [0.25, 0.3) is 0 Å². The van der Waals surface area contributed by atoms with E-state index in [-0.39, 0.29) is 5.92 Å². The van der Waals surface area contributed by atoms with Crippen LogP contribution in [0.5, 0.6) is 0 Å². The van der Waals surface area contributed by atoms with Crippen LogP contribution in [0.15, 0.2) is 18.3 Å². The molecule has 2 aromatic rings. The fourth-order valence-electron chi connectivity index (χ4n) is 3.77. The van der Waals surface area contributed by atoms with E-state index in [2.05, 4.69) is 16.4 Å². The molecule has 21 heavy (non-hydrogen) atoms. The zero-order valence-corrected chi connectivity index (χ0v) is 11.4. The minimum Gasteiger partial charge on any atom is -0.366 e. The van der Waals surface area contributed by atoms with Crippen molar-refractivity contribution in [3.8, 4) is 6.07 Å². The summed E-state index contributed by atoms with van der Waals surface area (Å²) in [5.41, 5.74) is 7.85. The fourth-order valence-corrected chi connectivity index (χ4v) is 3.77. The number of nitrogens with two attached hydrogens (primary N) is 1. The van der Waals surface area contributed by atoms with Gasteiger partial charge < -0.3 is 15.5 Å². The number of rotatable bonds is 2. The van der Waals surface area contributed by atoms with Gasteiger partial charge in [0, 0.05) is 24.2 Å². The lowest BCUT2D eigenvalue weighted by Gasteiger charge is -2.20. The first-order chi connectivity index (χ1) is 10.2. The van der Waals surface area contributed by atoms with E-state index in [4.69, 9.17) is 5.73 Å². The quantitative estimate of drug-likeness (QED) is 0.855. The van der Waals surface area contributed by atoms with Crippen molar-refractivity contribution >= 4 is 11.6 Å². The van der Waals surface area contributed by atoms with Gasteiger partial charge in [0.2, 0.25) is 5.91 Å². The smallest absolute Gasteiger partial charge is 0.250 e. The lowest BCUT2D eigenvalue weighted by Crippen LogP contribution is -2.23. The molecule has 2 saturated heterocycles. The maximum Gasteiger partial charge on any atom is 0.250 e. The van der Waals surface area contributed by atoms with Gasteiger partial charge in [-0.1, -0.05) is 0 Å². The molecule has 0 spiro atoms. The van der Waals surface area contributed by atoms with Gasteiger partial charge in [0.15, 0.2) is 5.69 Å². The third-order valence-corrected chi connectivity index (χ3v) is 4.70. The Morgan fingerprint density at radius 3 is 2.95 bits per heavy atom. The van der Waals surface area contributed by atoms with Crippen molar-refractivity contribution in [1.82, 2.24) is 14.7 Å². The van der Waals surface area contributed by atoms with E-state index in [1.807, 2.05) is 4.40 Å². The number of nitrogens with zero attached hydrogens (tertiary/aromatic N) is 3. The van der Waals surface area contributed by atoms with Crippen LogP contribution in [-0.4, -0.2) is 27.4 Å². The van der Waals surface area contributed by atoms with Gasteiger partial charge in [0.05, 0.1) is 11.3 Å². The van der Waals surface area contributed by atoms with Crippen molar-refractivity contribution in [3.63, 3.8) is 0 Å². The number of hydrogen-bond acceptors (Lipinski definition) is 4. The summed E-state index contributed by atoms with van der Waals surface area (Å²) in [5, 5.41) is 13.0. The van der Waals surface area contributed by atoms with Crippen molar-refractivity contribution in [1.29, 1.82) is 5.26 Å². The van der Waals surface area contributed by atoms with Gasteiger partial charge in [-0.15, -0.1) is 0 Å². The second-order valence-corrected chi connectivity index (χ2v) is 5.86. The number of amides is 1. The molecule has 0 saturated carbocycles. The van der Waals surface area contributed by atoms with Gasteiger partial charge in [-0.3, -0.25) is 4.79 Å². The number of carbonyl (C=O) groups excluding carboxylic acids is 1. The van der Waals surface area contributed by atoms with Crippen LogP contribution in [0.25, 0.3) is 5.65 Å². The lowest BCUT2D eigenvalue weighted by molar-refractivity contribution is 0.1000. The van der Waals surface area contributed by atoms with E-state index in [1.165, 1.54) is 6.42 Å². The Bertz CT molecular complexity index is 787. The van der Waals surface area contributed by atoms with Gasteiger partial charge >= 0.3 is 0 Å². The molecule has 2 aromatic heterocycles. The number of carbonyl (C=O) groups is 1. The molecular weight excluding hydrogens is 266 g/mol. The maximum absolute atomic E-state index is 11.4. The summed E-state index contributed by atoms with van der Waals surface area (Å²) in [6.45, 7) is 0. The number of nitriles is 1. The Balaban J connectivity index is 1.91. The number of primary amides is 1. The first kappa shape index (κ1) is 12.4. The predicted octanol–water partition coefficient (Wildman–Crippen LogP) is 0.913. The monoisotopic (exact) mass is 281 g/mol. The Hall–Kier alpha value is -2.39. The zero-order chi connectivity index (χ0) is 14.6. The zero-order valence-electron chi connectivity index (χ0n) is 11.4. The molecule has 2 bridgehead atoms. The summed E-state index contributed by atoms with van der Waals surface area (Å²) in [6, 6.07) is 6.52. The van der Waals surface area contributed by atoms with Crippen LogP contribution in [0, 0.1) is 11.3 Å². The van der Waals surface area contributed by atoms with E-state index in [0.29, 0.717) is 29.0 Å². The molecule has 3 N–H and O–H groups in total. The number of nitrogens with one attached hydrogen (secondary N) is 1. The van der Waals surface area contributed by atoms with Crippen molar-refractivity contribution in [3.05, 3.63) is 35.3 Å². The van der Waals surface area contributed by atoms with Gasteiger partial charge in [-0.2, -0.15) is 5.26 Å². The average Bonchev–Trinajstić information content (AvgIpc) is 3.18. The standard InChI is InChI=1S/C15H15N5O/c16-6-12-14(10-5-9-2-3-11(10)18-9)20-7-8(15(17)21)1-4-13(20)19-12/h1,4,7,9-11,18H,2-3,5H2,(H2,17,21). The molecule has 0 aliphatic carbocycles. The molecule has 3 atom stereocenters. The third kappa shape index (κ3) is 1.74. The minimum atomic E-state index is -0.471. The van der Waals surface area contributed by atoms with E-state index < -0.39 is 5.91 Å². The van der Waals surface area contributed by atoms with E-state index in [0.717, 1.165) is 18.5 Å². The number of aromatic nitrogens is 2. The molecule has 6 heteroatoms. The minimum absolute atomic E-state index is 0.275. The van der Waals surface area contributed by atoms with Gasteiger partial charge in [-0.25, -0.2) is 4.98 Å². The van der Waals surface area contributed by atoms with Crippen molar-refractivity contribution in [2.24, 2.45) is 5.73 Å². The van der Waals surface area contributed by atoms with E-state index >= 15 is 0 Å². The SMILES string of the molecule is N#Cc1nc2ccc(C(N)=O)cn2c1C1CC2CCC1N2. The summed E-state index contributed by atoms with van der Waals surface area (Å²) in [7, 11) is 0. The van der Waals surface area contributed by atoms with Crippen LogP contribution in [0.1, 0.15) is 46.9 Å². The Morgan fingerprint density at radius 2 is 2.33 bits per heavy atom. The molecule has 0 radical (unpaired) electrons. The highest BCUT2D eigenvalue weighted by Crippen LogP contribution is 2.41. The molecule has 2 aliphatic heterocycles. The molecule has 1 amide bonds. The topological polar surface area (TPSA) is 96.2 Å². The summed E-state index contributed by atoms with van der Waals surface area (Å²) in [6.07, 6.45) is 5.05. The highest BCUT2D eigenvalue weighted by Gasteiger charge is 2.42. The predicted molar refractivity (Wildman–Crippen MR) is 75.7 cm³/mol. The largest absolute Gasteiger partial charge is 0.366 e. The Labute approximate surface area is 121 Å². The van der Waals surface area contributed by atoms with E-state index in [1.54, 1.807) is 18.3 Å². The first-order valence-corrected chi connectivity index (χ1v) is 7.15. The van der Waals surface area contributed by atoms with Crippen LogP contribution < -0.4 is 11.1 Å². The van der Waals surface area contributed by atoms with Crippen LogP contribution in [-0.2, 0) is 0 Å². The molecule has 2 fully saturated rings. The van der Waals surface area contributed by atoms with Gasteiger partial charge in [0.1, 0.15) is 11.7 Å². The molecular formula is C15H15N5O. The summed E-state index contributed by atoms with van der Waals surface area (Å²) in [5.74, 6) is -0.197. The van der Waals surface area contributed by atoms with Crippen LogP contribution >= 0.6 is 0 Å². The Kier molecular flexibility index (Phi) is 2.53. The number of pyridine rings is 1. The summed E-state index contributed by atoms with van der Waals surface area (Å²) < 4.78 is 1.87. The Morgan fingerprint density at radius 1 is 1.48 bits per heavy atom. The second kappa shape index (κ2) is 4.30. The second-order valence-electron chi connectivity index (χ2n) is 5.86. The van der Waals surface area contributed by atoms with Gasteiger partial charge in [-0.05, 0) is 31.4 Å². The molecule has 3 unspecified atom stereocenters. The maximum atomic E-state index is 11.4. The van der Waals surface area contributed by atoms with Crippen LogP contribution in [0.2, 0.25) is 0 Å². The van der Waals surface area contributed by atoms with E-state index in [9.17, 15) is 10.1 Å². The molecule has 6 nitrogen and oxygen atoms in total. The van der Waals surface area contributed by atoms with Crippen LogP contribution in [0.3, 0.4) is 0 Å². The molecule has 106 valence electrons. The first-order valence-electron chi connectivity index (χ1n) is 7.15. The summed E-state index contributed by atoms with van der Waals surface area (Å²) in [4.78, 5) is 15.8. The van der Waals surface area contributed by atoms with Crippen molar-refractivity contribution < 1.29 is 4.79 Å². The lowest BCUT2D eigenvalue weighted by atomic mass is 9.86. The van der Waals surface area contributed by atoms with Crippen molar-refractivity contribution in [2.45, 2.75) is 37.3 Å². The number of imidazole rings is 1. The molecule has 0 aromatic carbocycles. The molecule has 2 aliphatic rings. The molecule has 4 heterocycles. The normalized spacial score (nSPS) is 27.1. The number of hydrogen-bond donors (Lipinski definition) is 2. The molecule has 4 rings (SSSR count). The highest BCUT2D eigenvalue weighted by molar-refractivity contribution is 5.92. The average molecular weight is 281 g/mol. The summed E-state index contributed by atoms with van der Waals surface area (Å²) >= 11 is 0. The number of fused-ring (bicyclic) bond motifs is 3. The van der Waals surface area contributed by atoms with Crippen LogP contribution in [0.4, 0.5) is 0 Å². The third-order valence-electron chi connectivity index (χ3n) is 4.70.